The second kappa shape index (κ2) is 7.99. The topological polar surface area (TPSA) is 86.5 Å². The summed E-state index contributed by atoms with van der Waals surface area (Å²) in [6.07, 6.45) is 6.38. The zero-order valence-corrected chi connectivity index (χ0v) is 15.2. The van der Waals surface area contributed by atoms with Gasteiger partial charge >= 0.3 is 0 Å². The SMILES string of the molecule is O=C(CCSc1nnc(C2CCCCC2)o1)Nc1ccc2c(c1)OCO2. The number of thioether (sulfide) groups is 1. The van der Waals surface area contributed by atoms with Crippen molar-refractivity contribution in [2.24, 2.45) is 0 Å². The summed E-state index contributed by atoms with van der Waals surface area (Å²) < 4.78 is 16.3. The van der Waals surface area contributed by atoms with E-state index in [0.717, 1.165) is 18.7 Å². The third-order valence-electron chi connectivity index (χ3n) is 4.59. The van der Waals surface area contributed by atoms with E-state index in [9.17, 15) is 4.79 Å². The third kappa shape index (κ3) is 4.12. The minimum absolute atomic E-state index is 0.0663. The maximum Gasteiger partial charge on any atom is 0.276 e. The molecule has 2 aromatic rings. The van der Waals surface area contributed by atoms with Gasteiger partial charge in [0.05, 0.1) is 0 Å². The summed E-state index contributed by atoms with van der Waals surface area (Å²) in [5.41, 5.74) is 0.696. The first-order valence-corrected chi connectivity index (χ1v) is 9.92. The molecule has 0 atom stereocenters. The van der Waals surface area contributed by atoms with Gasteiger partial charge < -0.3 is 19.2 Å². The Bertz CT molecular complexity index is 774. The Morgan fingerprint density at radius 2 is 2.00 bits per heavy atom. The van der Waals surface area contributed by atoms with Crippen LogP contribution in [0.25, 0.3) is 0 Å². The van der Waals surface area contributed by atoms with Crippen LogP contribution < -0.4 is 14.8 Å². The van der Waals surface area contributed by atoms with Crippen molar-refractivity contribution in [1.29, 1.82) is 0 Å². The smallest absolute Gasteiger partial charge is 0.276 e. The van der Waals surface area contributed by atoms with Gasteiger partial charge in [0.1, 0.15) is 0 Å². The lowest BCUT2D eigenvalue weighted by Crippen LogP contribution is -2.12. The molecule has 1 amide bonds. The second-order valence-electron chi connectivity index (χ2n) is 6.46. The Hall–Kier alpha value is -2.22. The van der Waals surface area contributed by atoms with Gasteiger partial charge in [0, 0.05) is 29.8 Å². The summed E-state index contributed by atoms with van der Waals surface area (Å²) in [5, 5.41) is 11.7. The van der Waals surface area contributed by atoms with Crippen molar-refractivity contribution in [1.82, 2.24) is 10.2 Å². The first-order chi connectivity index (χ1) is 12.8. The predicted molar refractivity (Wildman–Crippen MR) is 96.7 cm³/mol. The number of fused-ring (bicyclic) bond motifs is 1. The van der Waals surface area contributed by atoms with Gasteiger partial charge in [-0.2, -0.15) is 0 Å². The molecule has 1 N–H and O–H groups in total. The Labute approximate surface area is 155 Å². The number of carbonyl (C=O) groups excluding carboxylic acids is 1. The molecule has 2 aliphatic rings. The van der Waals surface area contributed by atoms with Crippen molar-refractivity contribution in [2.45, 2.75) is 49.7 Å². The maximum absolute atomic E-state index is 12.1. The molecule has 1 aromatic carbocycles. The van der Waals surface area contributed by atoms with Gasteiger partial charge in [-0.25, -0.2) is 0 Å². The number of hydrogen-bond acceptors (Lipinski definition) is 7. The van der Waals surface area contributed by atoms with Crippen molar-refractivity contribution in [3.8, 4) is 11.5 Å². The number of anilines is 1. The number of ether oxygens (including phenoxy) is 2. The lowest BCUT2D eigenvalue weighted by atomic mass is 9.89. The highest BCUT2D eigenvalue weighted by molar-refractivity contribution is 7.99. The van der Waals surface area contributed by atoms with Crippen LogP contribution in [0.2, 0.25) is 0 Å². The average molecular weight is 375 g/mol. The van der Waals surface area contributed by atoms with Gasteiger partial charge in [-0.1, -0.05) is 31.0 Å². The number of amides is 1. The molecular weight excluding hydrogens is 354 g/mol. The lowest BCUT2D eigenvalue weighted by Gasteiger charge is -2.17. The largest absolute Gasteiger partial charge is 0.454 e. The van der Waals surface area contributed by atoms with Gasteiger partial charge in [-0.15, -0.1) is 10.2 Å². The molecule has 0 saturated heterocycles. The molecule has 26 heavy (non-hydrogen) atoms. The number of aromatic nitrogens is 2. The van der Waals surface area contributed by atoms with Crippen LogP contribution in [0.15, 0.2) is 27.8 Å². The number of hydrogen-bond donors (Lipinski definition) is 1. The molecule has 0 spiro atoms. The van der Waals surface area contributed by atoms with E-state index in [-0.39, 0.29) is 12.7 Å². The van der Waals surface area contributed by atoms with Crippen LogP contribution in [0.1, 0.15) is 50.3 Å². The van der Waals surface area contributed by atoms with E-state index in [0.29, 0.717) is 40.5 Å². The van der Waals surface area contributed by atoms with Crippen molar-refractivity contribution in [2.75, 3.05) is 17.9 Å². The molecule has 1 aliphatic carbocycles. The monoisotopic (exact) mass is 375 g/mol. The summed E-state index contributed by atoms with van der Waals surface area (Å²) >= 11 is 1.42. The zero-order chi connectivity index (χ0) is 17.8. The summed E-state index contributed by atoms with van der Waals surface area (Å²) in [7, 11) is 0. The van der Waals surface area contributed by atoms with Gasteiger partial charge in [-0.3, -0.25) is 4.79 Å². The predicted octanol–water partition coefficient (Wildman–Crippen LogP) is 3.97. The van der Waals surface area contributed by atoms with Crippen LogP contribution >= 0.6 is 11.8 Å². The first kappa shape index (κ1) is 17.2. The quantitative estimate of drug-likeness (QED) is 0.765. The number of nitrogens with one attached hydrogen (secondary N) is 1. The molecule has 8 heteroatoms. The Morgan fingerprint density at radius 3 is 2.88 bits per heavy atom. The lowest BCUT2D eigenvalue weighted by molar-refractivity contribution is -0.115. The molecule has 1 aromatic heterocycles. The Balaban J connectivity index is 1.23. The zero-order valence-electron chi connectivity index (χ0n) is 14.4. The normalized spacial score (nSPS) is 16.6. The number of nitrogens with zero attached hydrogens (tertiary/aromatic N) is 2. The molecule has 1 saturated carbocycles. The van der Waals surface area contributed by atoms with Gasteiger partial charge in [0.25, 0.3) is 5.22 Å². The molecule has 0 radical (unpaired) electrons. The maximum atomic E-state index is 12.1. The van der Waals surface area contributed by atoms with E-state index in [1.165, 1.54) is 31.0 Å². The summed E-state index contributed by atoms with van der Waals surface area (Å²) in [5.74, 6) is 3.02. The molecule has 4 rings (SSSR count). The fourth-order valence-corrected chi connectivity index (χ4v) is 3.93. The standard InChI is InChI=1S/C18H21N3O4S/c22-16(19-13-6-7-14-15(10-13)24-11-23-14)8-9-26-18-21-20-17(25-18)12-4-2-1-3-5-12/h6-7,10,12H,1-5,8-9,11H2,(H,19,22). The average Bonchev–Trinajstić information content (AvgIpc) is 3.31. The fourth-order valence-electron chi connectivity index (χ4n) is 3.22. The highest BCUT2D eigenvalue weighted by Gasteiger charge is 2.21. The summed E-state index contributed by atoms with van der Waals surface area (Å²) in [6.45, 7) is 0.219. The molecule has 1 fully saturated rings. The summed E-state index contributed by atoms with van der Waals surface area (Å²) in [6, 6.07) is 5.35. The summed E-state index contributed by atoms with van der Waals surface area (Å²) in [4.78, 5) is 12.1. The van der Waals surface area contributed by atoms with E-state index < -0.39 is 0 Å². The molecular formula is C18H21N3O4S. The first-order valence-electron chi connectivity index (χ1n) is 8.93. The number of carbonyl (C=O) groups is 1. The highest BCUT2D eigenvalue weighted by Crippen LogP contribution is 2.34. The molecule has 0 bridgehead atoms. The number of rotatable bonds is 6. The van der Waals surface area contributed by atoms with Crippen LogP contribution in [0.4, 0.5) is 5.69 Å². The van der Waals surface area contributed by atoms with E-state index in [2.05, 4.69) is 15.5 Å². The third-order valence-corrected chi connectivity index (χ3v) is 5.41. The van der Waals surface area contributed by atoms with Gasteiger partial charge in [-0.05, 0) is 25.0 Å². The van der Waals surface area contributed by atoms with E-state index in [4.69, 9.17) is 13.9 Å². The molecule has 1 aliphatic heterocycles. The minimum Gasteiger partial charge on any atom is -0.454 e. The van der Waals surface area contributed by atoms with Crippen molar-refractivity contribution in [3.63, 3.8) is 0 Å². The highest BCUT2D eigenvalue weighted by atomic mass is 32.2. The van der Waals surface area contributed by atoms with E-state index in [1.807, 2.05) is 0 Å². The van der Waals surface area contributed by atoms with Crippen molar-refractivity contribution in [3.05, 3.63) is 24.1 Å². The molecule has 138 valence electrons. The van der Waals surface area contributed by atoms with Crippen LogP contribution in [-0.2, 0) is 4.79 Å². The fraction of sp³-hybridized carbons (Fsp3) is 0.500. The minimum atomic E-state index is -0.0663. The van der Waals surface area contributed by atoms with Crippen molar-refractivity contribution < 1.29 is 18.7 Å². The molecule has 2 heterocycles. The van der Waals surface area contributed by atoms with E-state index in [1.54, 1.807) is 18.2 Å². The Morgan fingerprint density at radius 1 is 1.15 bits per heavy atom. The van der Waals surface area contributed by atoms with Crippen LogP contribution in [0.5, 0.6) is 11.5 Å². The van der Waals surface area contributed by atoms with Crippen molar-refractivity contribution >= 4 is 23.4 Å². The van der Waals surface area contributed by atoms with Crippen LogP contribution in [0, 0.1) is 0 Å². The van der Waals surface area contributed by atoms with Gasteiger partial charge in [0.15, 0.2) is 11.5 Å². The van der Waals surface area contributed by atoms with Gasteiger partial charge in [0.2, 0.25) is 18.6 Å². The van der Waals surface area contributed by atoms with Crippen LogP contribution in [-0.4, -0.2) is 28.7 Å². The second-order valence-corrected chi connectivity index (χ2v) is 7.50. The van der Waals surface area contributed by atoms with E-state index >= 15 is 0 Å². The Kier molecular flexibility index (Phi) is 5.29. The van der Waals surface area contributed by atoms with Crippen LogP contribution in [0.3, 0.4) is 0 Å². The molecule has 0 unspecified atom stereocenters. The number of benzene rings is 1. The molecule has 7 nitrogen and oxygen atoms in total.